The number of nitrogens with zero attached hydrogens (tertiary/aromatic N) is 3. The molecule has 2 atom stereocenters. The van der Waals surface area contributed by atoms with Crippen LogP contribution in [0.15, 0.2) is 12.4 Å². The van der Waals surface area contributed by atoms with E-state index in [1.807, 2.05) is 11.8 Å². The van der Waals surface area contributed by atoms with Crippen LogP contribution in [-0.2, 0) is 0 Å². The van der Waals surface area contributed by atoms with Gasteiger partial charge >= 0.3 is 0 Å². The van der Waals surface area contributed by atoms with Crippen LogP contribution in [0.4, 0.5) is 0 Å². The van der Waals surface area contributed by atoms with Crippen molar-refractivity contribution < 1.29 is 4.79 Å². The molecule has 1 fully saturated rings. The number of hydrogen-bond donors (Lipinski definition) is 1. The van der Waals surface area contributed by atoms with Crippen LogP contribution in [0.5, 0.6) is 0 Å². The van der Waals surface area contributed by atoms with Gasteiger partial charge in [0, 0.05) is 31.4 Å². The molecule has 1 aromatic rings. The Kier molecular flexibility index (Phi) is 7.26. The van der Waals surface area contributed by atoms with E-state index < -0.39 is 0 Å². The fourth-order valence-corrected chi connectivity index (χ4v) is 1.99. The molecule has 19 heavy (non-hydrogen) atoms. The van der Waals surface area contributed by atoms with Gasteiger partial charge in [0.05, 0.1) is 11.9 Å². The summed E-state index contributed by atoms with van der Waals surface area (Å²) in [5.41, 5.74) is 1.25. The highest BCUT2D eigenvalue weighted by molar-refractivity contribution is 5.92. The van der Waals surface area contributed by atoms with Crippen molar-refractivity contribution in [1.29, 1.82) is 0 Å². The van der Waals surface area contributed by atoms with E-state index in [0.717, 1.165) is 18.8 Å². The molecule has 1 aliphatic heterocycles. The molecule has 2 heterocycles. The number of rotatable bonds is 1. The molecule has 5 nitrogen and oxygen atoms in total. The maximum atomic E-state index is 12.3. The first-order valence-corrected chi connectivity index (χ1v) is 5.92. The number of carbonyl (C=O) groups is 1. The van der Waals surface area contributed by atoms with E-state index in [1.165, 1.54) is 0 Å². The molecule has 1 N–H and O–H groups in total. The maximum absolute atomic E-state index is 12.3. The molecule has 1 aliphatic rings. The van der Waals surface area contributed by atoms with Crippen LogP contribution in [0.1, 0.15) is 30.0 Å². The normalized spacial score (nSPS) is 22.2. The van der Waals surface area contributed by atoms with Gasteiger partial charge in [-0.2, -0.15) is 0 Å². The van der Waals surface area contributed by atoms with Crippen LogP contribution in [-0.4, -0.2) is 45.9 Å². The quantitative estimate of drug-likeness (QED) is 0.853. The number of aryl methyl sites for hydroxylation is 1. The third-order valence-corrected chi connectivity index (χ3v) is 3.30. The highest BCUT2D eigenvalue weighted by Crippen LogP contribution is 2.12. The zero-order valence-electron chi connectivity index (χ0n) is 11.3. The molecule has 0 aliphatic carbocycles. The minimum absolute atomic E-state index is 0. The predicted octanol–water partition coefficient (Wildman–Crippen LogP) is 1.45. The van der Waals surface area contributed by atoms with Crippen molar-refractivity contribution in [1.82, 2.24) is 20.2 Å². The first-order valence-electron chi connectivity index (χ1n) is 5.92. The molecular formula is C12H20Cl2N4O. The van der Waals surface area contributed by atoms with Gasteiger partial charge in [0.15, 0.2) is 0 Å². The van der Waals surface area contributed by atoms with Crippen LogP contribution < -0.4 is 5.32 Å². The second-order valence-corrected chi connectivity index (χ2v) is 4.52. The van der Waals surface area contributed by atoms with E-state index in [2.05, 4.69) is 29.1 Å². The number of hydrogen-bond acceptors (Lipinski definition) is 4. The van der Waals surface area contributed by atoms with Gasteiger partial charge in [-0.3, -0.25) is 9.78 Å². The van der Waals surface area contributed by atoms with Crippen LogP contribution in [0, 0.1) is 6.92 Å². The van der Waals surface area contributed by atoms with Crippen LogP contribution in [0.25, 0.3) is 0 Å². The number of aromatic nitrogens is 2. The summed E-state index contributed by atoms with van der Waals surface area (Å²) in [6, 6.07) is 0.491. The van der Waals surface area contributed by atoms with E-state index in [4.69, 9.17) is 0 Å². The molecule has 1 saturated heterocycles. The minimum atomic E-state index is -0.0293. The zero-order chi connectivity index (χ0) is 12.4. The van der Waals surface area contributed by atoms with E-state index >= 15 is 0 Å². The summed E-state index contributed by atoms with van der Waals surface area (Å²) in [6.45, 7) is 7.55. The highest BCUT2D eigenvalue weighted by atomic mass is 35.5. The SMILES string of the molecule is Cc1cnc(C(=O)N2CCNC(C)C2C)cn1.Cl.Cl. The molecule has 2 unspecified atom stereocenters. The Balaban J connectivity index is 0.00000162. The van der Waals surface area contributed by atoms with Crippen molar-refractivity contribution in [2.24, 2.45) is 0 Å². The molecule has 2 rings (SSSR count). The van der Waals surface area contributed by atoms with Crippen molar-refractivity contribution in [3.63, 3.8) is 0 Å². The van der Waals surface area contributed by atoms with Crippen molar-refractivity contribution in [2.75, 3.05) is 13.1 Å². The van der Waals surface area contributed by atoms with Crippen molar-refractivity contribution in [3.8, 4) is 0 Å². The Hall–Kier alpha value is -0.910. The monoisotopic (exact) mass is 306 g/mol. The van der Waals surface area contributed by atoms with Gasteiger partial charge in [-0.25, -0.2) is 4.98 Å². The standard InChI is InChI=1S/C12H18N4O.2ClH/c1-8-6-15-11(7-14-8)12(17)16-5-4-13-9(2)10(16)3;;/h6-7,9-10,13H,4-5H2,1-3H3;2*1H. The van der Waals surface area contributed by atoms with Crippen LogP contribution in [0.2, 0.25) is 0 Å². The minimum Gasteiger partial charge on any atom is -0.332 e. The Morgan fingerprint density at radius 1 is 1.32 bits per heavy atom. The molecule has 0 bridgehead atoms. The summed E-state index contributed by atoms with van der Waals surface area (Å²) in [6.07, 6.45) is 3.18. The first-order chi connectivity index (χ1) is 8.09. The van der Waals surface area contributed by atoms with Gasteiger partial charge in [0.1, 0.15) is 5.69 Å². The molecule has 0 radical (unpaired) electrons. The number of piperazine rings is 1. The Labute approximate surface area is 126 Å². The lowest BCUT2D eigenvalue weighted by molar-refractivity contribution is 0.0596. The van der Waals surface area contributed by atoms with Crippen molar-refractivity contribution in [2.45, 2.75) is 32.9 Å². The third kappa shape index (κ3) is 4.03. The van der Waals surface area contributed by atoms with E-state index in [-0.39, 0.29) is 36.8 Å². The molecular weight excluding hydrogens is 287 g/mol. The van der Waals surface area contributed by atoms with E-state index in [9.17, 15) is 4.79 Å². The Morgan fingerprint density at radius 3 is 2.58 bits per heavy atom. The molecule has 0 spiro atoms. The van der Waals surface area contributed by atoms with Gasteiger partial charge in [0.2, 0.25) is 0 Å². The summed E-state index contributed by atoms with van der Waals surface area (Å²) < 4.78 is 0. The molecule has 1 amide bonds. The second-order valence-electron chi connectivity index (χ2n) is 4.52. The van der Waals surface area contributed by atoms with E-state index in [0.29, 0.717) is 11.7 Å². The Bertz CT molecular complexity index is 413. The average molecular weight is 307 g/mol. The average Bonchev–Trinajstić information content (AvgIpc) is 2.33. The maximum Gasteiger partial charge on any atom is 0.274 e. The fraction of sp³-hybridized carbons (Fsp3) is 0.583. The number of nitrogens with one attached hydrogen (secondary N) is 1. The van der Waals surface area contributed by atoms with Gasteiger partial charge in [-0.15, -0.1) is 24.8 Å². The topological polar surface area (TPSA) is 58.1 Å². The summed E-state index contributed by atoms with van der Waals surface area (Å²) in [5, 5.41) is 3.35. The number of carbonyl (C=O) groups excluding carboxylic acids is 1. The molecule has 7 heteroatoms. The lowest BCUT2D eigenvalue weighted by Crippen LogP contribution is -2.57. The Morgan fingerprint density at radius 2 is 2.00 bits per heavy atom. The van der Waals surface area contributed by atoms with Gasteiger partial charge < -0.3 is 10.2 Å². The summed E-state index contributed by atoms with van der Waals surface area (Å²) in [4.78, 5) is 22.4. The van der Waals surface area contributed by atoms with Crippen LogP contribution >= 0.6 is 24.8 Å². The molecule has 1 aromatic heterocycles. The third-order valence-electron chi connectivity index (χ3n) is 3.30. The second kappa shape index (κ2) is 7.62. The fourth-order valence-electron chi connectivity index (χ4n) is 1.99. The molecule has 108 valence electrons. The summed E-state index contributed by atoms with van der Waals surface area (Å²) >= 11 is 0. The summed E-state index contributed by atoms with van der Waals surface area (Å²) in [7, 11) is 0. The van der Waals surface area contributed by atoms with Gasteiger partial charge in [-0.05, 0) is 20.8 Å². The van der Waals surface area contributed by atoms with Gasteiger partial charge in [0.25, 0.3) is 5.91 Å². The van der Waals surface area contributed by atoms with E-state index in [1.54, 1.807) is 12.4 Å². The van der Waals surface area contributed by atoms with Crippen molar-refractivity contribution in [3.05, 3.63) is 23.8 Å². The lowest BCUT2D eigenvalue weighted by Gasteiger charge is -2.38. The number of amides is 1. The highest BCUT2D eigenvalue weighted by Gasteiger charge is 2.29. The largest absolute Gasteiger partial charge is 0.332 e. The van der Waals surface area contributed by atoms with Crippen LogP contribution in [0.3, 0.4) is 0 Å². The number of halogens is 2. The van der Waals surface area contributed by atoms with Crippen molar-refractivity contribution >= 4 is 30.7 Å². The first kappa shape index (κ1) is 18.1. The lowest BCUT2D eigenvalue weighted by atomic mass is 10.1. The summed E-state index contributed by atoms with van der Waals surface area (Å²) in [5.74, 6) is -0.0293. The molecule has 0 saturated carbocycles. The smallest absolute Gasteiger partial charge is 0.274 e. The van der Waals surface area contributed by atoms with Gasteiger partial charge in [-0.1, -0.05) is 0 Å². The predicted molar refractivity (Wildman–Crippen MR) is 79.2 cm³/mol. The molecule has 0 aromatic carbocycles. The zero-order valence-corrected chi connectivity index (χ0v) is 12.9.